The van der Waals surface area contributed by atoms with Gasteiger partial charge in [-0.15, -0.1) is 0 Å². The Morgan fingerprint density at radius 2 is 1.92 bits per heavy atom. The van der Waals surface area contributed by atoms with E-state index in [9.17, 15) is 4.79 Å². The van der Waals surface area contributed by atoms with E-state index in [4.69, 9.17) is 14.0 Å². The topological polar surface area (TPSA) is 64.8 Å². The van der Waals surface area contributed by atoms with E-state index in [0.717, 1.165) is 17.0 Å². The van der Waals surface area contributed by atoms with Crippen LogP contribution in [-0.2, 0) is 11.3 Å². The van der Waals surface area contributed by atoms with Crippen LogP contribution in [0.25, 0.3) is 0 Å². The van der Waals surface area contributed by atoms with E-state index in [-0.39, 0.29) is 18.1 Å². The van der Waals surface area contributed by atoms with Gasteiger partial charge in [-0.3, -0.25) is 4.79 Å². The Hall–Kier alpha value is -2.34. The van der Waals surface area contributed by atoms with Gasteiger partial charge in [0.05, 0.1) is 29.0 Å². The van der Waals surface area contributed by atoms with Crippen LogP contribution in [0, 0.1) is 13.8 Å². The van der Waals surface area contributed by atoms with Gasteiger partial charge in [0.1, 0.15) is 18.1 Å². The van der Waals surface area contributed by atoms with E-state index in [1.807, 2.05) is 50.8 Å². The fraction of sp³-hybridized carbons (Fsp3) is 0.474. The number of carbonyl (C=O) groups is 1. The minimum absolute atomic E-state index is 0.0306. The van der Waals surface area contributed by atoms with E-state index in [1.54, 1.807) is 6.07 Å². The molecule has 3 rings (SSSR count). The number of carbonyl (C=O) groups excluding carboxylic acids is 1. The SMILES string of the molecule is Cc1noc(C)c1COc1ccccc1C(=O)N1CC(C)OC(C)C1. The van der Waals surface area contributed by atoms with Crippen LogP contribution < -0.4 is 4.74 Å². The molecule has 1 aromatic carbocycles. The minimum atomic E-state index is -0.0311. The van der Waals surface area contributed by atoms with Crippen molar-refractivity contribution >= 4 is 5.91 Å². The fourth-order valence-electron chi connectivity index (χ4n) is 3.14. The first-order valence-electron chi connectivity index (χ1n) is 8.54. The summed E-state index contributed by atoms with van der Waals surface area (Å²) in [5, 5.41) is 3.93. The molecule has 1 aliphatic heterocycles. The summed E-state index contributed by atoms with van der Waals surface area (Å²) >= 11 is 0. The molecule has 1 aliphatic rings. The number of rotatable bonds is 4. The number of benzene rings is 1. The monoisotopic (exact) mass is 344 g/mol. The first kappa shape index (κ1) is 17.5. The Morgan fingerprint density at radius 1 is 1.24 bits per heavy atom. The molecule has 0 aliphatic carbocycles. The van der Waals surface area contributed by atoms with Crippen molar-refractivity contribution in [3.8, 4) is 5.75 Å². The van der Waals surface area contributed by atoms with Gasteiger partial charge in [-0.25, -0.2) is 0 Å². The number of nitrogens with zero attached hydrogens (tertiary/aromatic N) is 2. The van der Waals surface area contributed by atoms with Crippen molar-refractivity contribution in [3.05, 3.63) is 46.8 Å². The summed E-state index contributed by atoms with van der Waals surface area (Å²) in [6.07, 6.45) is 0.0613. The molecule has 1 saturated heterocycles. The number of aryl methyl sites for hydroxylation is 2. The van der Waals surface area contributed by atoms with Crippen molar-refractivity contribution in [2.45, 2.75) is 46.5 Å². The molecule has 0 spiro atoms. The highest BCUT2D eigenvalue weighted by Crippen LogP contribution is 2.24. The summed E-state index contributed by atoms with van der Waals surface area (Å²) in [7, 11) is 0. The first-order chi connectivity index (χ1) is 12.0. The van der Waals surface area contributed by atoms with Gasteiger partial charge in [-0.05, 0) is 39.8 Å². The van der Waals surface area contributed by atoms with Crippen LogP contribution in [-0.4, -0.2) is 41.3 Å². The Balaban J connectivity index is 1.77. The van der Waals surface area contributed by atoms with Gasteiger partial charge in [-0.2, -0.15) is 0 Å². The van der Waals surface area contributed by atoms with Crippen LogP contribution >= 0.6 is 0 Å². The molecule has 1 amide bonds. The second-order valence-electron chi connectivity index (χ2n) is 6.56. The summed E-state index contributed by atoms with van der Waals surface area (Å²) in [4.78, 5) is 14.8. The van der Waals surface area contributed by atoms with Gasteiger partial charge in [-0.1, -0.05) is 17.3 Å². The summed E-state index contributed by atoms with van der Waals surface area (Å²) in [6.45, 7) is 9.19. The van der Waals surface area contributed by atoms with Gasteiger partial charge in [0.25, 0.3) is 5.91 Å². The maximum absolute atomic E-state index is 13.0. The highest BCUT2D eigenvalue weighted by atomic mass is 16.5. The maximum atomic E-state index is 13.0. The molecule has 2 heterocycles. The van der Waals surface area contributed by atoms with Gasteiger partial charge >= 0.3 is 0 Å². The predicted molar refractivity (Wildman–Crippen MR) is 92.7 cm³/mol. The molecule has 134 valence electrons. The molecular formula is C19H24N2O4. The third-order valence-corrected chi connectivity index (χ3v) is 4.38. The van der Waals surface area contributed by atoms with Gasteiger partial charge < -0.3 is 18.9 Å². The Labute approximate surface area is 147 Å². The molecule has 6 nitrogen and oxygen atoms in total. The standard InChI is InChI=1S/C19H24N2O4/c1-12-9-21(10-13(2)24-12)19(22)16-7-5-6-8-18(16)23-11-17-14(3)20-25-15(17)4/h5-8,12-13H,9-11H2,1-4H3. The van der Waals surface area contributed by atoms with Gasteiger partial charge in [0.2, 0.25) is 0 Å². The third kappa shape index (κ3) is 3.85. The summed E-state index contributed by atoms with van der Waals surface area (Å²) in [6, 6.07) is 7.34. The van der Waals surface area contributed by atoms with Crippen molar-refractivity contribution in [2.75, 3.05) is 13.1 Å². The van der Waals surface area contributed by atoms with E-state index >= 15 is 0 Å². The second kappa shape index (κ2) is 7.27. The van der Waals surface area contributed by atoms with Crippen molar-refractivity contribution in [1.29, 1.82) is 0 Å². The number of hydrogen-bond acceptors (Lipinski definition) is 5. The first-order valence-corrected chi connectivity index (χ1v) is 8.54. The molecular weight excluding hydrogens is 320 g/mol. The van der Waals surface area contributed by atoms with Crippen molar-refractivity contribution in [1.82, 2.24) is 10.1 Å². The lowest BCUT2D eigenvalue weighted by molar-refractivity contribution is -0.0586. The smallest absolute Gasteiger partial charge is 0.257 e. The summed E-state index contributed by atoms with van der Waals surface area (Å²) in [5.41, 5.74) is 2.28. The number of amides is 1. The number of para-hydroxylation sites is 1. The zero-order valence-corrected chi connectivity index (χ0v) is 15.1. The molecule has 2 aromatic rings. The second-order valence-corrected chi connectivity index (χ2v) is 6.56. The summed E-state index contributed by atoms with van der Waals surface area (Å²) in [5.74, 6) is 1.27. The van der Waals surface area contributed by atoms with Crippen molar-refractivity contribution < 1.29 is 18.8 Å². The Morgan fingerprint density at radius 3 is 2.56 bits per heavy atom. The Bertz CT molecular complexity index is 726. The van der Waals surface area contributed by atoms with Gasteiger partial charge in [0, 0.05) is 13.1 Å². The maximum Gasteiger partial charge on any atom is 0.257 e. The molecule has 2 unspecified atom stereocenters. The quantitative estimate of drug-likeness (QED) is 0.853. The number of hydrogen-bond donors (Lipinski definition) is 0. The highest BCUT2D eigenvalue weighted by Gasteiger charge is 2.28. The molecule has 0 N–H and O–H groups in total. The largest absolute Gasteiger partial charge is 0.488 e. The molecule has 0 bridgehead atoms. The average molecular weight is 344 g/mol. The molecule has 0 saturated carbocycles. The molecule has 6 heteroatoms. The number of aromatic nitrogens is 1. The lowest BCUT2D eigenvalue weighted by atomic mass is 10.1. The molecule has 1 aromatic heterocycles. The third-order valence-electron chi connectivity index (χ3n) is 4.38. The highest BCUT2D eigenvalue weighted by molar-refractivity contribution is 5.97. The van der Waals surface area contributed by atoms with Crippen molar-refractivity contribution in [3.63, 3.8) is 0 Å². The van der Waals surface area contributed by atoms with Crippen LogP contribution in [0.2, 0.25) is 0 Å². The lowest BCUT2D eigenvalue weighted by Crippen LogP contribution is -2.48. The van der Waals surface area contributed by atoms with Crippen LogP contribution in [0.1, 0.15) is 41.2 Å². The zero-order valence-electron chi connectivity index (χ0n) is 15.1. The molecule has 25 heavy (non-hydrogen) atoms. The predicted octanol–water partition coefficient (Wildman–Crippen LogP) is 3.12. The van der Waals surface area contributed by atoms with Gasteiger partial charge in [0.15, 0.2) is 0 Å². The molecule has 2 atom stereocenters. The minimum Gasteiger partial charge on any atom is -0.488 e. The van der Waals surface area contributed by atoms with E-state index in [2.05, 4.69) is 5.16 Å². The van der Waals surface area contributed by atoms with Crippen LogP contribution in [0.5, 0.6) is 5.75 Å². The normalized spacial score (nSPS) is 20.6. The van der Waals surface area contributed by atoms with Crippen LogP contribution in [0.15, 0.2) is 28.8 Å². The zero-order chi connectivity index (χ0) is 18.0. The number of morpholine rings is 1. The molecule has 0 radical (unpaired) electrons. The molecule has 1 fully saturated rings. The van der Waals surface area contributed by atoms with E-state index < -0.39 is 0 Å². The van der Waals surface area contributed by atoms with E-state index in [0.29, 0.717) is 31.0 Å². The van der Waals surface area contributed by atoms with Crippen LogP contribution in [0.3, 0.4) is 0 Å². The van der Waals surface area contributed by atoms with E-state index in [1.165, 1.54) is 0 Å². The fourth-order valence-corrected chi connectivity index (χ4v) is 3.14. The summed E-state index contributed by atoms with van der Waals surface area (Å²) < 4.78 is 16.8. The lowest BCUT2D eigenvalue weighted by Gasteiger charge is -2.35. The van der Waals surface area contributed by atoms with Crippen molar-refractivity contribution in [2.24, 2.45) is 0 Å². The van der Waals surface area contributed by atoms with Crippen LogP contribution in [0.4, 0.5) is 0 Å². The number of ether oxygens (including phenoxy) is 2. The average Bonchev–Trinajstić information content (AvgIpc) is 2.90. The Kier molecular flexibility index (Phi) is 5.08.